The minimum atomic E-state index is 0.756. The van der Waals surface area contributed by atoms with E-state index in [1.807, 2.05) is 23.0 Å². The highest BCUT2D eigenvalue weighted by Gasteiger charge is 2.20. The number of aromatic nitrogens is 4. The van der Waals surface area contributed by atoms with Crippen LogP contribution in [0.2, 0.25) is 0 Å². The van der Waals surface area contributed by atoms with Crippen LogP contribution in [0.1, 0.15) is 33.6 Å². The molecule has 0 radical (unpaired) electrons. The number of hydrogen-bond donors (Lipinski definition) is 0. The molecule has 0 saturated carbocycles. The van der Waals surface area contributed by atoms with Crippen molar-refractivity contribution in [3.8, 4) is 39.9 Å². The van der Waals surface area contributed by atoms with Crippen molar-refractivity contribution in [2.75, 3.05) is 7.11 Å². The fourth-order valence-electron chi connectivity index (χ4n) is 6.64. The predicted octanol–water partition coefficient (Wildman–Crippen LogP) is 9.68. The maximum Gasteiger partial charge on any atom is 0.137 e. The van der Waals surface area contributed by atoms with Crippen molar-refractivity contribution in [3.63, 3.8) is 0 Å². The number of benzene rings is 4. The standard InChI is InChI=1S/C39H36N4O2/c1-23-14-15-40-37(18-23)42-35-11-9-8-10-33(35)34-13-12-30(22-36(34)42)45-32-17-24(2)16-29(21-32)43-28(6)39(27(5)41-43)38-25(3)19-31(44-7)20-26(38)4/h8-22H,1-7H3. The number of nitrogens with zero attached hydrogens (tertiary/aromatic N) is 4. The Morgan fingerprint density at radius 3 is 2.13 bits per heavy atom. The summed E-state index contributed by atoms with van der Waals surface area (Å²) in [6, 6.07) is 29.3. The molecule has 4 aromatic carbocycles. The fraction of sp³-hybridized carbons (Fsp3) is 0.179. The molecule has 0 bridgehead atoms. The van der Waals surface area contributed by atoms with E-state index in [0.717, 1.165) is 73.3 Å². The number of fused-ring (bicyclic) bond motifs is 3. The molecule has 224 valence electrons. The third-order valence-corrected chi connectivity index (χ3v) is 8.57. The maximum absolute atomic E-state index is 6.58. The third-order valence-electron chi connectivity index (χ3n) is 8.57. The lowest BCUT2D eigenvalue weighted by molar-refractivity contribution is 0.414. The molecule has 0 amide bonds. The molecule has 0 fully saturated rings. The quantitative estimate of drug-likeness (QED) is 0.193. The van der Waals surface area contributed by atoms with Crippen LogP contribution in [-0.4, -0.2) is 26.4 Å². The molecule has 7 rings (SSSR count). The van der Waals surface area contributed by atoms with Crippen LogP contribution in [0, 0.1) is 41.5 Å². The monoisotopic (exact) mass is 592 g/mol. The summed E-state index contributed by atoms with van der Waals surface area (Å²) in [6.07, 6.45) is 1.86. The number of pyridine rings is 1. The molecule has 3 aromatic heterocycles. The average molecular weight is 593 g/mol. The van der Waals surface area contributed by atoms with Crippen LogP contribution in [0.15, 0.2) is 91.1 Å². The first-order valence-electron chi connectivity index (χ1n) is 15.2. The molecule has 0 unspecified atom stereocenters. The van der Waals surface area contributed by atoms with Gasteiger partial charge in [0, 0.05) is 40.4 Å². The Balaban J connectivity index is 1.30. The van der Waals surface area contributed by atoms with E-state index in [1.54, 1.807) is 7.11 Å². The van der Waals surface area contributed by atoms with Gasteiger partial charge >= 0.3 is 0 Å². The summed E-state index contributed by atoms with van der Waals surface area (Å²) in [5, 5.41) is 7.35. The lowest BCUT2D eigenvalue weighted by Crippen LogP contribution is -2.01. The van der Waals surface area contributed by atoms with Crippen molar-refractivity contribution in [1.82, 2.24) is 19.3 Å². The van der Waals surface area contributed by atoms with Gasteiger partial charge in [-0.15, -0.1) is 0 Å². The van der Waals surface area contributed by atoms with Crippen LogP contribution in [0.3, 0.4) is 0 Å². The molecule has 45 heavy (non-hydrogen) atoms. The smallest absolute Gasteiger partial charge is 0.137 e. The number of aryl methyl sites for hydroxylation is 5. The molecule has 0 saturated heterocycles. The molecular formula is C39H36N4O2. The first-order valence-corrected chi connectivity index (χ1v) is 15.2. The molecule has 6 heteroatoms. The molecule has 0 aliphatic rings. The number of rotatable bonds is 6. The zero-order valence-electron chi connectivity index (χ0n) is 26.8. The van der Waals surface area contributed by atoms with Gasteiger partial charge in [0.1, 0.15) is 23.1 Å². The van der Waals surface area contributed by atoms with Crippen molar-refractivity contribution < 1.29 is 9.47 Å². The average Bonchev–Trinajstić information content (AvgIpc) is 3.49. The summed E-state index contributed by atoms with van der Waals surface area (Å²) in [5.74, 6) is 3.27. The van der Waals surface area contributed by atoms with Crippen molar-refractivity contribution in [2.24, 2.45) is 0 Å². The molecule has 0 atom stereocenters. The van der Waals surface area contributed by atoms with Crippen LogP contribution in [0.4, 0.5) is 0 Å². The first kappa shape index (κ1) is 28.4. The van der Waals surface area contributed by atoms with Gasteiger partial charge in [0.2, 0.25) is 0 Å². The van der Waals surface area contributed by atoms with Gasteiger partial charge in [-0.05, 0) is 124 Å². The first-order chi connectivity index (χ1) is 21.7. The van der Waals surface area contributed by atoms with Crippen LogP contribution < -0.4 is 9.47 Å². The van der Waals surface area contributed by atoms with E-state index in [-0.39, 0.29) is 0 Å². The largest absolute Gasteiger partial charge is 0.497 e. The van der Waals surface area contributed by atoms with Crippen LogP contribution in [0.25, 0.3) is 44.4 Å². The van der Waals surface area contributed by atoms with Gasteiger partial charge in [0.15, 0.2) is 0 Å². The molecule has 3 heterocycles. The Labute approximate surface area is 263 Å². The normalized spacial score (nSPS) is 11.4. The molecule has 0 N–H and O–H groups in total. The fourth-order valence-corrected chi connectivity index (χ4v) is 6.64. The molecule has 0 spiro atoms. The minimum Gasteiger partial charge on any atom is -0.497 e. The second kappa shape index (κ2) is 11.0. The molecule has 7 aromatic rings. The van der Waals surface area contributed by atoms with E-state index in [1.165, 1.54) is 22.1 Å². The summed E-state index contributed by atoms with van der Waals surface area (Å²) in [5.41, 5.74) is 12.1. The van der Waals surface area contributed by atoms with E-state index < -0.39 is 0 Å². The molecule has 6 nitrogen and oxygen atoms in total. The topological polar surface area (TPSA) is 54.1 Å². The zero-order valence-corrected chi connectivity index (χ0v) is 26.8. The van der Waals surface area contributed by atoms with Crippen molar-refractivity contribution in [3.05, 3.63) is 125 Å². The maximum atomic E-state index is 6.58. The lowest BCUT2D eigenvalue weighted by Gasteiger charge is -2.14. The highest BCUT2D eigenvalue weighted by atomic mass is 16.5. The number of ether oxygens (including phenoxy) is 2. The summed E-state index contributed by atoms with van der Waals surface area (Å²) in [6.45, 7) is 12.6. The van der Waals surface area contributed by atoms with Crippen LogP contribution >= 0.6 is 0 Å². The van der Waals surface area contributed by atoms with Crippen molar-refractivity contribution >= 4 is 21.8 Å². The summed E-state index contributed by atoms with van der Waals surface area (Å²) < 4.78 is 16.3. The van der Waals surface area contributed by atoms with Gasteiger partial charge in [-0.3, -0.25) is 4.57 Å². The van der Waals surface area contributed by atoms with Gasteiger partial charge in [0.25, 0.3) is 0 Å². The second-order valence-electron chi connectivity index (χ2n) is 11.9. The van der Waals surface area contributed by atoms with Gasteiger partial charge in [0.05, 0.1) is 29.5 Å². The molecule has 0 aliphatic heterocycles. The van der Waals surface area contributed by atoms with Gasteiger partial charge in [-0.1, -0.05) is 18.2 Å². The molecule has 0 aliphatic carbocycles. The van der Waals surface area contributed by atoms with Crippen LogP contribution in [-0.2, 0) is 0 Å². The summed E-state index contributed by atoms with van der Waals surface area (Å²) >= 11 is 0. The van der Waals surface area contributed by atoms with Crippen molar-refractivity contribution in [1.29, 1.82) is 0 Å². The molecular weight excluding hydrogens is 556 g/mol. The minimum absolute atomic E-state index is 0.756. The Hall–Kier alpha value is -5.36. The van der Waals surface area contributed by atoms with Crippen LogP contribution in [0.5, 0.6) is 17.2 Å². The van der Waals surface area contributed by atoms with E-state index in [2.05, 4.69) is 119 Å². The Morgan fingerprint density at radius 2 is 1.38 bits per heavy atom. The number of methoxy groups -OCH3 is 1. The number of para-hydroxylation sites is 1. The van der Waals surface area contributed by atoms with Gasteiger partial charge in [-0.25, -0.2) is 9.67 Å². The lowest BCUT2D eigenvalue weighted by atomic mass is 9.94. The van der Waals surface area contributed by atoms with E-state index in [4.69, 9.17) is 19.6 Å². The van der Waals surface area contributed by atoms with E-state index >= 15 is 0 Å². The van der Waals surface area contributed by atoms with Gasteiger partial charge < -0.3 is 9.47 Å². The third kappa shape index (κ3) is 4.92. The van der Waals surface area contributed by atoms with Gasteiger partial charge in [-0.2, -0.15) is 5.10 Å². The second-order valence-corrected chi connectivity index (χ2v) is 11.9. The predicted molar refractivity (Wildman–Crippen MR) is 183 cm³/mol. The Kier molecular flexibility index (Phi) is 6.93. The number of hydrogen-bond acceptors (Lipinski definition) is 4. The van der Waals surface area contributed by atoms with Crippen molar-refractivity contribution in [2.45, 2.75) is 41.5 Å². The zero-order chi connectivity index (χ0) is 31.4. The Bertz CT molecular complexity index is 2230. The van der Waals surface area contributed by atoms with E-state index in [9.17, 15) is 0 Å². The van der Waals surface area contributed by atoms with E-state index in [0.29, 0.717) is 0 Å². The summed E-state index contributed by atoms with van der Waals surface area (Å²) in [4.78, 5) is 4.72. The Morgan fingerprint density at radius 1 is 0.622 bits per heavy atom. The SMILES string of the molecule is COc1cc(C)c(-c2c(C)nn(-c3cc(C)cc(Oc4ccc5c6ccccc6n(-c6cc(C)ccn6)c5c4)c3)c2C)c(C)c1. The summed E-state index contributed by atoms with van der Waals surface area (Å²) in [7, 11) is 1.71. The highest BCUT2D eigenvalue weighted by Crippen LogP contribution is 2.38. The highest BCUT2D eigenvalue weighted by molar-refractivity contribution is 6.09.